The number of nitrogens with zero attached hydrogens (tertiary/aromatic N) is 1. The monoisotopic (exact) mass is 271 g/mol. The lowest BCUT2D eigenvalue weighted by atomic mass is 10.0. The zero-order chi connectivity index (χ0) is 13.8. The van der Waals surface area contributed by atoms with Crippen LogP contribution in [0.3, 0.4) is 0 Å². The maximum Gasteiger partial charge on any atom is 0.258 e. The molecule has 2 N–H and O–H groups in total. The standard InChI is InChI=1S/C16H21N3O/c20-16-13-7-3-4-8-14(13)18-15(19-16)11-17-10-9-12-5-1-2-6-12/h3-4,7-8,12,17H,1-2,5-6,9-11H2,(H,18,19,20). The molecule has 0 amide bonds. The van der Waals surface area contributed by atoms with Crippen molar-refractivity contribution < 1.29 is 0 Å². The zero-order valence-electron chi connectivity index (χ0n) is 11.7. The molecule has 0 atom stereocenters. The molecule has 1 saturated carbocycles. The Hall–Kier alpha value is -1.68. The highest BCUT2D eigenvalue weighted by molar-refractivity contribution is 5.77. The van der Waals surface area contributed by atoms with Gasteiger partial charge in [0.1, 0.15) is 5.82 Å². The molecule has 1 fully saturated rings. The third kappa shape index (κ3) is 3.07. The molecule has 0 saturated heterocycles. The molecule has 4 nitrogen and oxygen atoms in total. The molecule has 0 bridgehead atoms. The van der Waals surface area contributed by atoms with Crippen LogP contribution in [0, 0.1) is 5.92 Å². The summed E-state index contributed by atoms with van der Waals surface area (Å²) >= 11 is 0. The van der Waals surface area contributed by atoms with Crippen molar-refractivity contribution in [3.8, 4) is 0 Å². The Labute approximate surface area is 118 Å². The summed E-state index contributed by atoms with van der Waals surface area (Å²) in [5, 5.41) is 4.04. The van der Waals surface area contributed by atoms with E-state index in [1.54, 1.807) is 6.07 Å². The highest BCUT2D eigenvalue weighted by Gasteiger charge is 2.13. The van der Waals surface area contributed by atoms with Crippen molar-refractivity contribution in [2.45, 2.75) is 38.6 Å². The number of benzene rings is 1. The smallest absolute Gasteiger partial charge is 0.258 e. The van der Waals surface area contributed by atoms with Crippen LogP contribution in [0.5, 0.6) is 0 Å². The van der Waals surface area contributed by atoms with Crippen LogP contribution in [0.15, 0.2) is 29.1 Å². The first-order chi connectivity index (χ1) is 9.83. The van der Waals surface area contributed by atoms with Crippen LogP contribution in [-0.2, 0) is 6.54 Å². The molecule has 1 aliphatic rings. The minimum atomic E-state index is -0.0526. The van der Waals surface area contributed by atoms with E-state index < -0.39 is 0 Å². The third-order valence-corrected chi connectivity index (χ3v) is 4.16. The van der Waals surface area contributed by atoms with Gasteiger partial charge in [-0.3, -0.25) is 4.79 Å². The van der Waals surface area contributed by atoms with Crippen LogP contribution < -0.4 is 10.9 Å². The summed E-state index contributed by atoms with van der Waals surface area (Å²) in [6.45, 7) is 1.63. The second-order valence-electron chi connectivity index (χ2n) is 5.65. The lowest BCUT2D eigenvalue weighted by Crippen LogP contribution is -2.21. The van der Waals surface area contributed by atoms with Gasteiger partial charge in [-0.15, -0.1) is 0 Å². The van der Waals surface area contributed by atoms with Crippen molar-refractivity contribution in [1.29, 1.82) is 0 Å². The van der Waals surface area contributed by atoms with Crippen molar-refractivity contribution in [2.24, 2.45) is 5.92 Å². The van der Waals surface area contributed by atoms with Gasteiger partial charge in [0.15, 0.2) is 0 Å². The molecule has 1 aliphatic carbocycles. The van der Waals surface area contributed by atoms with Crippen LogP contribution in [0.4, 0.5) is 0 Å². The summed E-state index contributed by atoms with van der Waals surface area (Å²) in [4.78, 5) is 19.3. The van der Waals surface area contributed by atoms with Crippen LogP contribution in [0.1, 0.15) is 37.9 Å². The average Bonchev–Trinajstić information content (AvgIpc) is 2.97. The third-order valence-electron chi connectivity index (χ3n) is 4.16. The van der Waals surface area contributed by atoms with Gasteiger partial charge in [-0.2, -0.15) is 0 Å². The maximum absolute atomic E-state index is 11.9. The van der Waals surface area contributed by atoms with Gasteiger partial charge < -0.3 is 10.3 Å². The minimum Gasteiger partial charge on any atom is -0.310 e. The van der Waals surface area contributed by atoms with Gasteiger partial charge >= 0.3 is 0 Å². The summed E-state index contributed by atoms with van der Waals surface area (Å²) in [7, 11) is 0. The molecule has 2 aromatic rings. The van der Waals surface area contributed by atoms with E-state index in [-0.39, 0.29) is 5.56 Å². The predicted octanol–water partition coefficient (Wildman–Crippen LogP) is 2.59. The first-order valence-electron chi connectivity index (χ1n) is 7.51. The Morgan fingerprint density at radius 3 is 2.90 bits per heavy atom. The first-order valence-corrected chi connectivity index (χ1v) is 7.51. The Balaban J connectivity index is 1.58. The maximum atomic E-state index is 11.9. The van der Waals surface area contributed by atoms with E-state index in [0.717, 1.165) is 23.8 Å². The van der Waals surface area contributed by atoms with E-state index in [9.17, 15) is 4.79 Å². The molecule has 20 heavy (non-hydrogen) atoms. The molecule has 1 aromatic carbocycles. The highest BCUT2D eigenvalue weighted by atomic mass is 16.1. The van der Waals surface area contributed by atoms with E-state index >= 15 is 0 Å². The summed E-state index contributed by atoms with van der Waals surface area (Å²) in [5.74, 6) is 1.62. The molecule has 4 heteroatoms. The van der Waals surface area contributed by atoms with Gasteiger partial charge in [0, 0.05) is 0 Å². The number of fused-ring (bicyclic) bond motifs is 1. The predicted molar refractivity (Wildman–Crippen MR) is 80.6 cm³/mol. The molecule has 0 spiro atoms. The van der Waals surface area contributed by atoms with Crippen molar-refractivity contribution in [2.75, 3.05) is 6.54 Å². The van der Waals surface area contributed by atoms with Gasteiger partial charge in [-0.1, -0.05) is 37.8 Å². The molecule has 3 rings (SSSR count). The number of aromatic nitrogens is 2. The van der Waals surface area contributed by atoms with E-state index in [4.69, 9.17) is 0 Å². The normalized spacial score (nSPS) is 16.0. The molecular weight excluding hydrogens is 250 g/mol. The largest absolute Gasteiger partial charge is 0.310 e. The fourth-order valence-corrected chi connectivity index (χ4v) is 3.03. The second-order valence-corrected chi connectivity index (χ2v) is 5.65. The fraction of sp³-hybridized carbons (Fsp3) is 0.500. The van der Waals surface area contributed by atoms with Crippen molar-refractivity contribution >= 4 is 10.9 Å². The van der Waals surface area contributed by atoms with E-state index in [2.05, 4.69) is 15.3 Å². The molecule has 0 unspecified atom stereocenters. The van der Waals surface area contributed by atoms with Crippen molar-refractivity contribution in [3.05, 3.63) is 40.4 Å². The van der Waals surface area contributed by atoms with Crippen molar-refractivity contribution in [1.82, 2.24) is 15.3 Å². The Bertz CT molecular complexity index is 629. The summed E-state index contributed by atoms with van der Waals surface area (Å²) in [6.07, 6.45) is 6.78. The number of rotatable bonds is 5. The first kappa shape index (κ1) is 13.3. The molecule has 106 valence electrons. The average molecular weight is 271 g/mol. The Morgan fingerprint density at radius 1 is 1.25 bits per heavy atom. The summed E-state index contributed by atoms with van der Waals surface area (Å²) < 4.78 is 0. The zero-order valence-corrected chi connectivity index (χ0v) is 11.7. The van der Waals surface area contributed by atoms with Crippen LogP contribution in [0.2, 0.25) is 0 Å². The lowest BCUT2D eigenvalue weighted by molar-refractivity contribution is 0.474. The van der Waals surface area contributed by atoms with Crippen LogP contribution >= 0.6 is 0 Å². The van der Waals surface area contributed by atoms with Crippen LogP contribution in [-0.4, -0.2) is 16.5 Å². The molecule has 1 heterocycles. The van der Waals surface area contributed by atoms with Crippen molar-refractivity contribution in [3.63, 3.8) is 0 Å². The number of H-pyrrole nitrogens is 1. The number of nitrogens with one attached hydrogen (secondary N) is 2. The summed E-state index contributed by atoms with van der Waals surface area (Å²) in [6, 6.07) is 7.45. The van der Waals surface area contributed by atoms with Gasteiger partial charge in [0.25, 0.3) is 5.56 Å². The van der Waals surface area contributed by atoms with Gasteiger partial charge in [-0.05, 0) is 31.0 Å². The number of aromatic amines is 1. The van der Waals surface area contributed by atoms with Gasteiger partial charge in [0.05, 0.1) is 17.4 Å². The molecule has 1 aromatic heterocycles. The van der Waals surface area contributed by atoms with E-state index in [1.807, 2.05) is 18.2 Å². The quantitative estimate of drug-likeness (QED) is 0.822. The Kier molecular flexibility index (Phi) is 4.11. The fourth-order valence-electron chi connectivity index (χ4n) is 3.03. The topological polar surface area (TPSA) is 57.8 Å². The molecular formula is C16H21N3O. The second kappa shape index (κ2) is 6.18. The number of hydrogen-bond donors (Lipinski definition) is 2. The Morgan fingerprint density at radius 2 is 2.05 bits per heavy atom. The van der Waals surface area contributed by atoms with E-state index in [0.29, 0.717) is 11.9 Å². The lowest BCUT2D eigenvalue weighted by Gasteiger charge is -2.09. The number of hydrogen-bond acceptors (Lipinski definition) is 3. The van der Waals surface area contributed by atoms with Gasteiger partial charge in [-0.25, -0.2) is 4.98 Å². The summed E-state index contributed by atoms with van der Waals surface area (Å²) in [5.41, 5.74) is 0.715. The molecule has 0 radical (unpaired) electrons. The van der Waals surface area contributed by atoms with Gasteiger partial charge in [0.2, 0.25) is 0 Å². The molecule has 0 aliphatic heterocycles. The van der Waals surface area contributed by atoms with Crippen LogP contribution in [0.25, 0.3) is 10.9 Å². The minimum absolute atomic E-state index is 0.0526. The number of para-hydroxylation sites is 1. The SMILES string of the molecule is O=c1[nH]c(CNCCC2CCCC2)nc2ccccc12. The highest BCUT2D eigenvalue weighted by Crippen LogP contribution is 2.26. The van der Waals surface area contributed by atoms with E-state index in [1.165, 1.54) is 32.1 Å².